The Bertz CT molecular complexity index is 567. The number of anilines is 1. The molecule has 1 N–H and O–H groups in total. The fourth-order valence-electron chi connectivity index (χ4n) is 2.59. The minimum Gasteiger partial charge on any atom is -0.374 e. The predicted molar refractivity (Wildman–Crippen MR) is 82.9 cm³/mol. The molecule has 106 valence electrons. The van der Waals surface area contributed by atoms with Crippen LogP contribution in [-0.4, -0.2) is 27.6 Å². The van der Waals surface area contributed by atoms with E-state index in [2.05, 4.69) is 51.0 Å². The standard InChI is InChI=1S/C15H20N4S/c1-2-8-16-15-14(17-18-20-15)11-19-9-7-12-5-3-4-6-13(12)10-19/h3-6,16H,2,7-11H2,1H3. The maximum absolute atomic E-state index is 4.28. The van der Waals surface area contributed by atoms with Crippen LogP contribution in [0.1, 0.15) is 30.2 Å². The summed E-state index contributed by atoms with van der Waals surface area (Å²) in [6.45, 7) is 6.15. The number of fused-ring (bicyclic) bond motifs is 1. The van der Waals surface area contributed by atoms with Gasteiger partial charge in [0.1, 0.15) is 10.7 Å². The zero-order valence-corrected chi connectivity index (χ0v) is 12.6. The van der Waals surface area contributed by atoms with Crippen LogP contribution in [0.4, 0.5) is 5.00 Å². The number of rotatable bonds is 5. The highest BCUT2D eigenvalue weighted by molar-refractivity contribution is 7.10. The molecule has 20 heavy (non-hydrogen) atoms. The van der Waals surface area contributed by atoms with Crippen molar-refractivity contribution >= 4 is 16.5 Å². The molecular weight excluding hydrogens is 268 g/mol. The lowest BCUT2D eigenvalue weighted by molar-refractivity contribution is 0.243. The molecule has 2 heterocycles. The normalized spacial score (nSPS) is 15.1. The molecular formula is C15H20N4S. The van der Waals surface area contributed by atoms with E-state index in [1.807, 2.05) is 0 Å². The van der Waals surface area contributed by atoms with Crippen molar-refractivity contribution in [1.82, 2.24) is 14.5 Å². The summed E-state index contributed by atoms with van der Waals surface area (Å²) in [6.07, 6.45) is 2.25. The van der Waals surface area contributed by atoms with Crippen molar-refractivity contribution in [1.29, 1.82) is 0 Å². The molecule has 4 nitrogen and oxygen atoms in total. The second kappa shape index (κ2) is 6.33. The minimum absolute atomic E-state index is 0.886. The van der Waals surface area contributed by atoms with Crippen LogP contribution in [0.5, 0.6) is 0 Å². The topological polar surface area (TPSA) is 41.1 Å². The maximum atomic E-state index is 4.28. The molecule has 0 saturated carbocycles. The van der Waals surface area contributed by atoms with Gasteiger partial charge in [-0.3, -0.25) is 4.90 Å². The average Bonchev–Trinajstić information content (AvgIpc) is 2.92. The lowest BCUT2D eigenvalue weighted by Gasteiger charge is -2.28. The van der Waals surface area contributed by atoms with Crippen molar-refractivity contribution in [2.24, 2.45) is 0 Å². The number of hydrogen-bond acceptors (Lipinski definition) is 5. The van der Waals surface area contributed by atoms with E-state index in [9.17, 15) is 0 Å². The van der Waals surface area contributed by atoms with E-state index >= 15 is 0 Å². The first kappa shape index (κ1) is 13.5. The molecule has 3 rings (SSSR count). The average molecular weight is 288 g/mol. The fraction of sp³-hybridized carbons (Fsp3) is 0.467. The van der Waals surface area contributed by atoms with Gasteiger partial charge < -0.3 is 5.32 Å². The summed E-state index contributed by atoms with van der Waals surface area (Å²) >= 11 is 1.46. The first-order valence-electron chi connectivity index (χ1n) is 7.21. The van der Waals surface area contributed by atoms with Gasteiger partial charge in [-0.05, 0) is 24.0 Å². The van der Waals surface area contributed by atoms with Gasteiger partial charge in [-0.25, -0.2) is 0 Å². The number of nitrogens with zero attached hydrogens (tertiary/aromatic N) is 3. The highest BCUT2D eigenvalue weighted by Gasteiger charge is 2.18. The number of hydrogen-bond donors (Lipinski definition) is 1. The fourth-order valence-corrected chi connectivity index (χ4v) is 3.18. The van der Waals surface area contributed by atoms with Crippen molar-refractivity contribution in [3.05, 3.63) is 41.1 Å². The highest BCUT2D eigenvalue weighted by atomic mass is 32.1. The Morgan fingerprint density at radius 1 is 1.30 bits per heavy atom. The minimum atomic E-state index is 0.886. The lowest BCUT2D eigenvalue weighted by Crippen LogP contribution is -2.30. The van der Waals surface area contributed by atoms with Crippen LogP contribution in [-0.2, 0) is 19.5 Å². The van der Waals surface area contributed by atoms with Gasteiger partial charge in [0.25, 0.3) is 0 Å². The predicted octanol–water partition coefficient (Wildman–Crippen LogP) is 2.92. The van der Waals surface area contributed by atoms with Crippen LogP contribution in [0.15, 0.2) is 24.3 Å². The van der Waals surface area contributed by atoms with Crippen LogP contribution in [0.2, 0.25) is 0 Å². The first-order valence-corrected chi connectivity index (χ1v) is 7.98. The van der Waals surface area contributed by atoms with E-state index in [0.29, 0.717) is 0 Å². The third kappa shape index (κ3) is 2.99. The molecule has 0 unspecified atom stereocenters. The summed E-state index contributed by atoms with van der Waals surface area (Å²) in [5, 5.41) is 8.83. The van der Waals surface area contributed by atoms with Gasteiger partial charge in [0.2, 0.25) is 0 Å². The van der Waals surface area contributed by atoms with Gasteiger partial charge in [0.15, 0.2) is 0 Å². The lowest BCUT2D eigenvalue weighted by atomic mass is 10.00. The molecule has 1 aliphatic rings. The molecule has 0 amide bonds. The Hall–Kier alpha value is -1.46. The second-order valence-electron chi connectivity index (χ2n) is 5.20. The summed E-state index contributed by atoms with van der Waals surface area (Å²) in [6, 6.07) is 8.73. The Morgan fingerprint density at radius 3 is 3.00 bits per heavy atom. The monoisotopic (exact) mass is 288 g/mol. The van der Waals surface area contributed by atoms with Gasteiger partial charge >= 0.3 is 0 Å². The summed E-state index contributed by atoms with van der Waals surface area (Å²) in [5.41, 5.74) is 4.03. The van der Waals surface area contributed by atoms with E-state index in [4.69, 9.17) is 0 Å². The van der Waals surface area contributed by atoms with Crippen LogP contribution in [0.25, 0.3) is 0 Å². The molecule has 1 aliphatic heterocycles. The Kier molecular flexibility index (Phi) is 4.28. The van der Waals surface area contributed by atoms with Gasteiger partial charge in [-0.2, -0.15) is 0 Å². The summed E-state index contributed by atoms with van der Waals surface area (Å²) in [4.78, 5) is 2.45. The van der Waals surface area contributed by atoms with Gasteiger partial charge in [-0.15, -0.1) is 5.10 Å². The van der Waals surface area contributed by atoms with Crippen molar-refractivity contribution in [2.45, 2.75) is 32.9 Å². The molecule has 2 aromatic rings. The molecule has 0 spiro atoms. The van der Waals surface area contributed by atoms with Crippen molar-refractivity contribution in [2.75, 3.05) is 18.4 Å². The number of nitrogens with one attached hydrogen (secondary N) is 1. The molecule has 0 fully saturated rings. The number of benzene rings is 1. The molecule has 0 bridgehead atoms. The van der Waals surface area contributed by atoms with Gasteiger partial charge in [0.05, 0.1) is 0 Å². The van der Waals surface area contributed by atoms with Crippen molar-refractivity contribution in [3.63, 3.8) is 0 Å². The third-order valence-electron chi connectivity index (χ3n) is 3.67. The van der Waals surface area contributed by atoms with E-state index in [1.165, 1.54) is 22.7 Å². The quantitative estimate of drug-likeness (QED) is 0.918. The first-order chi connectivity index (χ1) is 9.86. The van der Waals surface area contributed by atoms with Crippen LogP contribution in [0, 0.1) is 0 Å². The molecule has 0 saturated heterocycles. The molecule has 1 aromatic heterocycles. The Balaban J connectivity index is 1.66. The summed E-state index contributed by atoms with van der Waals surface area (Å²) < 4.78 is 4.09. The van der Waals surface area contributed by atoms with Gasteiger partial charge in [-0.1, -0.05) is 35.7 Å². The SMILES string of the molecule is CCCNc1snnc1CN1CCc2ccccc2C1. The highest BCUT2D eigenvalue weighted by Crippen LogP contribution is 2.23. The molecule has 0 atom stereocenters. The van der Waals surface area contributed by atoms with E-state index < -0.39 is 0 Å². The molecule has 0 radical (unpaired) electrons. The van der Waals surface area contributed by atoms with Crippen LogP contribution >= 0.6 is 11.5 Å². The smallest absolute Gasteiger partial charge is 0.134 e. The number of aromatic nitrogens is 2. The molecule has 0 aliphatic carbocycles. The van der Waals surface area contributed by atoms with E-state index in [0.717, 1.165) is 49.7 Å². The van der Waals surface area contributed by atoms with E-state index in [1.54, 1.807) is 0 Å². The third-order valence-corrected chi connectivity index (χ3v) is 4.40. The maximum Gasteiger partial charge on any atom is 0.134 e. The van der Waals surface area contributed by atoms with Gasteiger partial charge in [0, 0.05) is 37.7 Å². The molecule has 1 aromatic carbocycles. The zero-order valence-electron chi connectivity index (χ0n) is 11.8. The second-order valence-corrected chi connectivity index (χ2v) is 5.96. The largest absolute Gasteiger partial charge is 0.374 e. The zero-order chi connectivity index (χ0) is 13.8. The van der Waals surface area contributed by atoms with E-state index in [-0.39, 0.29) is 0 Å². The Morgan fingerprint density at radius 2 is 2.15 bits per heavy atom. The van der Waals surface area contributed by atoms with Crippen molar-refractivity contribution in [3.8, 4) is 0 Å². The van der Waals surface area contributed by atoms with Crippen LogP contribution in [0.3, 0.4) is 0 Å². The summed E-state index contributed by atoms with van der Waals surface area (Å²) in [5.74, 6) is 0. The van der Waals surface area contributed by atoms with Crippen LogP contribution < -0.4 is 5.32 Å². The molecule has 5 heteroatoms. The van der Waals surface area contributed by atoms with Crippen molar-refractivity contribution < 1.29 is 0 Å². The summed E-state index contributed by atoms with van der Waals surface area (Å²) in [7, 11) is 0. The Labute approximate surface area is 124 Å².